The number of allylic oxidation sites excluding steroid dienone is 2. The van der Waals surface area contributed by atoms with Gasteiger partial charge in [0.05, 0.1) is 12.3 Å². The third-order valence-corrected chi connectivity index (χ3v) is 7.79. The number of anilines is 1. The number of nitrogens with two attached hydrogens (primary N) is 1. The van der Waals surface area contributed by atoms with Crippen molar-refractivity contribution in [2.45, 2.75) is 72.1 Å². The number of fused-ring (bicyclic) bond motifs is 1. The Labute approximate surface area is 236 Å². The predicted octanol–water partition coefficient (Wildman–Crippen LogP) is 7.64. The molecule has 1 amide bonds. The molecular weight excluding hydrogens is 488 g/mol. The zero-order chi connectivity index (χ0) is 27.3. The van der Waals surface area contributed by atoms with Crippen molar-refractivity contribution in [1.82, 2.24) is 0 Å². The lowest BCUT2D eigenvalue weighted by atomic mass is 9.90. The topological polar surface area (TPSA) is 55.6 Å². The minimum Gasteiger partial charge on any atom is -0.491 e. The third kappa shape index (κ3) is 10.1. The molecule has 38 heavy (non-hydrogen) atoms. The second-order valence-electron chi connectivity index (χ2n) is 11.4. The van der Waals surface area contributed by atoms with Crippen LogP contribution in [0.5, 0.6) is 5.75 Å². The molecule has 0 bridgehead atoms. The fraction of sp³-hybridized carbons (Fsp3) is 0.545. The first kappa shape index (κ1) is 30.1. The van der Waals surface area contributed by atoms with E-state index in [9.17, 15) is 4.79 Å². The number of nitrogens with zero attached hydrogens (tertiary/aromatic N) is 1. The van der Waals surface area contributed by atoms with Gasteiger partial charge in [-0.3, -0.25) is 4.79 Å². The SMILES string of the molecule is Cc1cccc(CCCC2COc3ccc(C(N)=O)cc3N(CC[C@H](C/C=C/CCCS)CC(C)C)C2)c1. The predicted molar refractivity (Wildman–Crippen MR) is 165 cm³/mol. The highest BCUT2D eigenvalue weighted by molar-refractivity contribution is 7.80. The quantitative estimate of drug-likeness (QED) is 0.140. The molecule has 2 N–H and O–H groups in total. The highest BCUT2D eigenvalue weighted by Crippen LogP contribution is 2.35. The van der Waals surface area contributed by atoms with E-state index in [1.807, 2.05) is 12.1 Å². The van der Waals surface area contributed by atoms with Gasteiger partial charge in [0, 0.05) is 24.6 Å². The normalized spacial score (nSPS) is 16.3. The van der Waals surface area contributed by atoms with Crippen LogP contribution in [0.2, 0.25) is 0 Å². The lowest BCUT2D eigenvalue weighted by Crippen LogP contribution is -2.32. The summed E-state index contributed by atoms with van der Waals surface area (Å²) in [6, 6.07) is 14.5. The van der Waals surface area contributed by atoms with Gasteiger partial charge >= 0.3 is 0 Å². The van der Waals surface area contributed by atoms with E-state index in [4.69, 9.17) is 10.5 Å². The van der Waals surface area contributed by atoms with E-state index in [0.29, 0.717) is 29.9 Å². The summed E-state index contributed by atoms with van der Waals surface area (Å²) in [6.45, 7) is 9.38. The summed E-state index contributed by atoms with van der Waals surface area (Å²) in [4.78, 5) is 14.4. The van der Waals surface area contributed by atoms with Crippen LogP contribution in [0.3, 0.4) is 0 Å². The number of ether oxygens (including phenoxy) is 1. The van der Waals surface area contributed by atoms with Gasteiger partial charge in [0.1, 0.15) is 5.75 Å². The number of benzene rings is 2. The zero-order valence-electron chi connectivity index (χ0n) is 23.7. The van der Waals surface area contributed by atoms with Gasteiger partial charge in [0.2, 0.25) is 5.91 Å². The van der Waals surface area contributed by atoms with Crippen molar-refractivity contribution in [3.63, 3.8) is 0 Å². The summed E-state index contributed by atoms with van der Waals surface area (Å²) in [6.07, 6.45) is 13.7. The Bertz CT molecular complexity index is 1040. The molecule has 1 aliphatic heterocycles. The van der Waals surface area contributed by atoms with Crippen molar-refractivity contribution < 1.29 is 9.53 Å². The maximum absolute atomic E-state index is 12.0. The Kier molecular flexibility index (Phi) is 12.6. The van der Waals surface area contributed by atoms with E-state index < -0.39 is 5.91 Å². The molecule has 4 nitrogen and oxygen atoms in total. The molecule has 0 fully saturated rings. The molecular formula is C33H48N2O2S. The van der Waals surface area contributed by atoms with Gasteiger partial charge in [-0.1, -0.05) is 55.8 Å². The Hall–Kier alpha value is -2.40. The van der Waals surface area contributed by atoms with Gasteiger partial charge in [-0.15, -0.1) is 0 Å². The van der Waals surface area contributed by atoms with E-state index in [-0.39, 0.29) is 0 Å². The zero-order valence-corrected chi connectivity index (χ0v) is 24.6. The number of hydrogen-bond acceptors (Lipinski definition) is 4. The van der Waals surface area contributed by atoms with Gasteiger partial charge in [-0.05, 0) is 99.6 Å². The van der Waals surface area contributed by atoms with Crippen LogP contribution in [0.25, 0.3) is 0 Å². The molecule has 2 aromatic rings. The first-order valence-corrected chi connectivity index (χ1v) is 15.1. The third-order valence-electron chi connectivity index (χ3n) is 7.47. The van der Waals surface area contributed by atoms with Crippen molar-refractivity contribution in [3.05, 3.63) is 71.3 Å². The van der Waals surface area contributed by atoms with Crippen LogP contribution in [0.15, 0.2) is 54.6 Å². The Balaban J connectivity index is 1.70. The van der Waals surface area contributed by atoms with Crippen molar-refractivity contribution in [2.75, 3.05) is 30.3 Å². The smallest absolute Gasteiger partial charge is 0.248 e. The van der Waals surface area contributed by atoms with E-state index in [2.05, 4.69) is 74.7 Å². The van der Waals surface area contributed by atoms with Crippen LogP contribution < -0.4 is 15.4 Å². The van der Waals surface area contributed by atoms with Crippen molar-refractivity contribution >= 4 is 24.2 Å². The Morgan fingerprint density at radius 1 is 1.18 bits per heavy atom. The largest absolute Gasteiger partial charge is 0.491 e. The summed E-state index contributed by atoms with van der Waals surface area (Å²) < 4.78 is 6.31. The molecule has 3 rings (SSSR count). The lowest BCUT2D eigenvalue weighted by Gasteiger charge is -2.29. The Morgan fingerprint density at radius 2 is 2.03 bits per heavy atom. The fourth-order valence-electron chi connectivity index (χ4n) is 5.51. The first-order chi connectivity index (χ1) is 18.4. The van der Waals surface area contributed by atoms with Crippen LogP contribution in [0.1, 0.15) is 80.3 Å². The average Bonchev–Trinajstić information content (AvgIpc) is 3.05. The van der Waals surface area contributed by atoms with Crippen molar-refractivity contribution in [2.24, 2.45) is 23.5 Å². The van der Waals surface area contributed by atoms with Gasteiger partial charge in [-0.2, -0.15) is 12.6 Å². The standard InChI is InChI=1S/C33H48N2O2S/c1-25(2)20-28(11-6-4-5-7-19-38)17-18-35-23-29(14-9-13-27-12-8-10-26(3)21-27)24-37-32-16-15-30(33(34)36)22-31(32)35/h4,6,8,10,12,15-16,21-22,25,28-29,38H,5,7,9,11,13-14,17-20,23-24H2,1-3H3,(H2,34,36)/b6-4+/t28-,29?/m0/s1. The highest BCUT2D eigenvalue weighted by Gasteiger charge is 2.25. The first-order valence-electron chi connectivity index (χ1n) is 14.5. The average molecular weight is 537 g/mol. The van der Waals surface area contributed by atoms with Crippen LogP contribution in [-0.2, 0) is 6.42 Å². The van der Waals surface area contributed by atoms with Gasteiger partial charge in [-0.25, -0.2) is 0 Å². The molecule has 0 aromatic heterocycles. The van der Waals surface area contributed by atoms with Crippen LogP contribution in [-0.4, -0.2) is 31.4 Å². The second kappa shape index (κ2) is 15.9. The van der Waals surface area contributed by atoms with Crippen LogP contribution >= 0.6 is 12.6 Å². The number of rotatable bonds is 15. The van der Waals surface area contributed by atoms with E-state index in [1.54, 1.807) is 6.07 Å². The summed E-state index contributed by atoms with van der Waals surface area (Å²) in [7, 11) is 0. The molecule has 0 radical (unpaired) electrons. The number of aryl methyl sites for hydroxylation is 2. The van der Waals surface area contributed by atoms with Crippen molar-refractivity contribution in [3.8, 4) is 5.75 Å². The molecule has 2 aromatic carbocycles. The number of amides is 1. The Morgan fingerprint density at radius 3 is 2.76 bits per heavy atom. The summed E-state index contributed by atoms with van der Waals surface area (Å²) in [5.74, 6) is 3.15. The molecule has 1 heterocycles. The number of thiol groups is 1. The minimum atomic E-state index is -0.393. The molecule has 5 heteroatoms. The molecule has 2 atom stereocenters. The molecule has 1 unspecified atom stereocenters. The summed E-state index contributed by atoms with van der Waals surface area (Å²) >= 11 is 4.32. The molecule has 1 aliphatic rings. The second-order valence-corrected chi connectivity index (χ2v) is 11.9. The summed E-state index contributed by atoms with van der Waals surface area (Å²) in [5, 5.41) is 0. The number of primary amides is 1. The molecule has 0 saturated carbocycles. The van der Waals surface area contributed by atoms with Crippen molar-refractivity contribution in [1.29, 1.82) is 0 Å². The molecule has 208 valence electrons. The number of carbonyl (C=O) groups is 1. The van der Waals surface area contributed by atoms with E-state index in [0.717, 1.165) is 75.2 Å². The van der Waals surface area contributed by atoms with Gasteiger partial charge < -0.3 is 15.4 Å². The monoisotopic (exact) mass is 536 g/mol. The maximum Gasteiger partial charge on any atom is 0.248 e. The summed E-state index contributed by atoms with van der Waals surface area (Å²) in [5.41, 5.74) is 9.92. The lowest BCUT2D eigenvalue weighted by molar-refractivity contribution is 0.100. The molecule has 0 spiro atoms. The number of carbonyl (C=O) groups excluding carboxylic acids is 1. The minimum absolute atomic E-state index is 0.393. The van der Waals surface area contributed by atoms with Gasteiger partial charge in [0.25, 0.3) is 0 Å². The van der Waals surface area contributed by atoms with E-state index >= 15 is 0 Å². The van der Waals surface area contributed by atoms with Crippen LogP contribution in [0.4, 0.5) is 5.69 Å². The van der Waals surface area contributed by atoms with Crippen LogP contribution in [0, 0.1) is 24.7 Å². The maximum atomic E-state index is 12.0. The number of hydrogen-bond donors (Lipinski definition) is 2. The highest BCUT2D eigenvalue weighted by atomic mass is 32.1. The fourth-order valence-corrected chi connectivity index (χ4v) is 5.69. The molecule has 0 saturated heterocycles. The van der Waals surface area contributed by atoms with E-state index in [1.165, 1.54) is 17.5 Å². The van der Waals surface area contributed by atoms with Gasteiger partial charge in [0.15, 0.2) is 0 Å². The molecule has 0 aliphatic carbocycles. The number of unbranched alkanes of at least 4 members (excludes halogenated alkanes) is 1.